The molecule has 5 heteroatoms. The molecule has 0 bridgehead atoms. The number of hydrogen-bond acceptors (Lipinski definition) is 4. The van der Waals surface area contributed by atoms with E-state index < -0.39 is 11.0 Å². The first kappa shape index (κ1) is 17.2. The van der Waals surface area contributed by atoms with E-state index in [0.717, 1.165) is 0 Å². The topological polar surface area (TPSA) is 52.6 Å². The minimum atomic E-state index is -0.628. The van der Waals surface area contributed by atoms with E-state index in [2.05, 4.69) is 0 Å². The second-order valence-corrected chi connectivity index (χ2v) is 6.08. The van der Waals surface area contributed by atoms with Crippen LogP contribution >= 0.6 is 11.6 Å². The average molecular weight is 279 g/mol. The van der Waals surface area contributed by atoms with Crippen molar-refractivity contribution in [3.8, 4) is 0 Å². The zero-order chi connectivity index (χ0) is 14.4. The van der Waals surface area contributed by atoms with Gasteiger partial charge in [0.2, 0.25) is 0 Å². The van der Waals surface area contributed by atoms with Crippen LogP contribution in [0.3, 0.4) is 0 Å². The summed E-state index contributed by atoms with van der Waals surface area (Å²) in [6, 6.07) is -0.145. The van der Waals surface area contributed by atoms with Crippen molar-refractivity contribution in [3.05, 3.63) is 0 Å². The molecule has 0 N–H and O–H groups in total. The van der Waals surface area contributed by atoms with Crippen LogP contribution in [0, 0.1) is 5.41 Å². The molecule has 0 fully saturated rings. The number of carbonyl (C=O) groups is 2. The number of hydrogen-bond donors (Lipinski definition) is 0. The van der Waals surface area contributed by atoms with Crippen LogP contribution in [0.2, 0.25) is 0 Å². The highest BCUT2D eigenvalue weighted by Crippen LogP contribution is 2.25. The van der Waals surface area contributed by atoms with Gasteiger partial charge in [-0.1, -0.05) is 11.6 Å². The second kappa shape index (κ2) is 6.98. The fourth-order valence-corrected chi connectivity index (χ4v) is 1.51. The number of carbonyl (C=O) groups excluding carboxylic acids is 2. The molecule has 0 heterocycles. The van der Waals surface area contributed by atoms with E-state index in [9.17, 15) is 9.59 Å². The zero-order valence-electron chi connectivity index (χ0n) is 11.8. The molecule has 0 aliphatic carbocycles. The van der Waals surface area contributed by atoms with Crippen LogP contribution in [0.5, 0.6) is 0 Å². The Morgan fingerprint density at radius 2 is 1.67 bits per heavy atom. The summed E-state index contributed by atoms with van der Waals surface area (Å²) in [6.07, 6.45) is 1.44. The molecule has 0 spiro atoms. The van der Waals surface area contributed by atoms with Crippen molar-refractivity contribution >= 4 is 23.5 Å². The summed E-state index contributed by atoms with van der Waals surface area (Å²) in [5.74, 6) is -0.592. The van der Waals surface area contributed by atoms with Gasteiger partial charge in [-0.25, -0.2) is 0 Å². The van der Waals surface area contributed by atoms with E-state index in [4.69, 9.17) is 21.1 Å². The zero-order valence-corrected chi connectivity index (χ0v) is 12.6. The third-order valence-electron chi connectivity index (χ3n) is 2.34. The molecule has 0 saturated carbocycles. The van der Waals surface area contributed by atoms with E-state index in [1.54, 1.807) is 13.8 Å². The quantitative estimate of drug-likeness (QED) is 0.553. The van der Waals surface area contributed by atoms with E-state index in [-0.39, 0.29) is 18.0 Å². The van der Waals surface area contributed by atoms with Gasteiger partial charge in [0.25, 0.3) is 0 Å². The highest BCUT2D eigenvalue weighted by molar-refractivity contribution is 6.17. The maximum atomic E-state index is 11.5. The van der Waals surface area contributed by atoms with Gasteiger partial charge in [-0.2, -0.15) is 0 Å². The number of ether oxygens (including phenoxy) is 2. The summed E-state index contributed by atoms with van der Waals surface area (Å²) in [6.45, 7) is 9.03. The number of halogens is 1. The predicted molar refractivity (Wildman–Crippen MR) is 70.3 cm³/mol. The molecule has 0 rings (SSSR count). The van der Waals surface area contributed by atoms with Gasteiger partial charge in [0.05, 0.1) is 5.41 Å². The van der Waals surface area contributed by atoms with Gasteiger partial charge < -0.3 is 9.47 Å². The minimum absolute atomic E-state index is 0.145. The Hall–Kier alpha value is -0.770. The molecular weight excluding hydrogens is 256 g/mol. The SMILES string of the molecule is CC(C)(C)OC(=O)CCCC(C)(C)C(=O)OCCl. The van der Waals surface area contributed by atoms with Crippen LogP contribution in [0.4, 0.5) is 0 Å². The molecular formula is C13H23ClO4. The number of rotatable bonds is 6. The molecule has 106 valence electrons. The first-order valence-corrected chi connectivity index (χ1v) is 6.57. The molecule has 0 radical (unpaired) electrons. The van der Waals surface area contributed by atoms with Crippen LogP contribution in [0.25, 0.3) is 0 Å². The summed E-state index contributed by atoms with van der Waals surface area (Å²) in [5, 5.41) is 0. The van der Waals surface area contributed by atoms with Crippen molar-refractivity contribution in [1.29, 1.82) is 0 Å². The fraction of sp³-hybridized carbons (Fsp3) is 0.846. The van der Waals surface area contributed by atoms with Crippen molar-refractivity contribution in [2.45, 2.75) is 59.5 Å². The number of alkyl halides is 1. The Balaban J connectivity index is 4.03. The third kappa shape index (κ3) is 7.54. The van der Waals surface area contributed by atoms with E-state index in [0.29, 0.717) is 19.3 Å². The maximum Gasteiger partial charge on any atom is 0.312 e. The van der Waals surface area contributed by atoms with Gasteiger partial charge in [-0.05, 0) is 47.5 Å². The summed E-state index contributed by atoms with van der Waals surface area (Å²) in [7, 11) is 0. The van der Waals surface area contributed by atoms with E-state index in [1.165, 1.54) is 0 Å². The highest BCUT2D eigenvalue weighted by Gasteiger charge is 2.29. The Morgan fingerprint density at radius 3 is 2.11 bits per heavy atom. The van der Waals surface area contributed by atoms with Crippen molar-refractivity contribution < 1.29 is 19.1 Å². The lowest BCUT2D eigenvalue weighted by Crippen LogP contribution is -2.27. The Kier molecular flexibility index (Phi) is 6.68. The Labute approximate surface area is 114 Å². The largest absolute Gasteiger partial charge is 0.460 e. The summed E-state index contributed by atoms with van der Waals surface area (Å²) < 4.78 is 9.94. The molecule has 0 atom stereocenters. The molecule has 0 aromatic rings. The normalized spacial score (nSPS) is 12.1. The average Bonchev–Trinajstić information content (AvgIpc) is 2.14. The first-order valence-electron chi connectivity index (χ1n) is 6.03. The molecule has 0 unspecified atom stereocenters. The van der Waals surface area contributed by atoms with Gasteiger partial charge in [0.15, 0.2) is 6.07 Å². The fourth-order valence-electron chi connectivity index (χ4n) is 1.41. The standard InChI is InChI=1S/C13H23ClO4/c1-12(2,3)18-10(15)7-6-8-13(4,5)11(16)17-9-14/h6-9H2,1-5H3. The Bertz CT molecular complexity index is 292. The number of esters is 2. The smallest absolute Gasteiger partial charge is 0.312 e. The van der Waals surface area contributed by atoms with Crippen molar-refractivity contribution in [2.75, 3.05) is 6.07 Å². The van der Waals surface area contributed by atoms with Gasteiger partial charge in [-0.3, -0.25) is 9.59 Å². The summed E-state index contributed by atoms with van der Waals surface area (Å²) in [5.41, 5.74) is -1.10. The van der Waals surface area contributed by atoms with Gasteiger partial charge >= 0.3 is 11.9 Å². The second-order valence-electron chi connectivity index (χ2n) is 5.86. The van der Waals surface area contributed by atoms with Crippen molar-refractivity contribution in [2.24, 2.45) is 5.41 Å². The van der Waals surface area contributed by atoms with Crippen molar-refractivity contribution in [1.82, 2.24) is 0 Å². The van der Waals surface area contributed by atoms with Gasteiger partial charge in [-0.15, -0.1) is 0 Å². The minimum Gasteiger partial charge on any atom is -0.460 e. The molecule has 0 aliphatic rings. The van der Waals surface area contributed by atoms with Crippen LogP contribution in [-0.4, -0.2) is 23.6 Å². The summed E-state index contributed by atoms with van der Waals surface area (Å²) in [4.78, 5) is 23.0. The first-order chi connectivity index (χ1) is 8.08. The predicted octanol–water partition coefficient (Wildman–Crippen LogP) is 3.26. The third-order valence-corrected chi connectivity index (χ3v) is 2.45. The molecule has 0 aliphatic heterocycles. The monoisotopic (exact) mass is 278 g/mol. The van der Waals surface area contributed by atoms with Crippen LogP contribution < -0.4 is 0 Å². The van der Waals surface area contributed by atoms with Crippen LogP contribution in [0.1, 0.15) is 53.9 Å². The lowest BCUT2D eigenvalue weighted by atomic mass is 9.87. The summed E-state index contributed by atoms with van der Waals surface area (Å²) >= 11 is 5.34. The molecule has 0 amide bonds. The molecule has 4 nitrogen and oxygen atoms in total. The van der Waals surface area contributed by atoms with Crippen LogP contribution in [0.15, 0.2) is 0 Å². The van der Waals surface area contributed by atoms with Gasteiger partial charge in [0.1, 0.15) is 5.60 Å². The van der Waals surface area contributed by atoms with Gasteiger partial charge in [0, 0.05) is 6.42 Å². The van der Waals surface area contributed by atoms with Crippen molar-refractivity contribution in [3.63, 3.8) is 0 Å². The Morgan fingerprint density at radius 1 is 1.11 bits per heavy atom. The van der Waals surface area contributed by atoms with Crippen LogP contribution in [-0.2, 0) is 19.1 Å². The lowest BCUT2D eigenvalue weighted by Gasteiger charge is -2.22. The maximum absolute atomic E-state index is 11.5. The molecule has 18 heavy (non-hydrogen) atoms. The highest BCUT2D eigenvalue weighted by atomic mass is 35.5. The lowest BCUT2D eigenvalue weighted by molar-refractivity contribution is -0.156. The molecule has 0 aromatic heterocycles. The van der Waals surface area contributed by atoms with E-state index in [1.807, 2.05) is 20.8 Å². The molecule has 0 saturated heterocycles. The molecule has 0 aromatic carbocycles. The van der Waals surface area contributed by atoms with E-state index >= 15 is 0 Å².